The molecule has 0 spiro atoms. The average Bonchev–Trinajstić information content (AvgIpc) is 2.50. The molecule has 0 aliphatic heterocycles. The molecule has 4 nitrogen and oxygen atoms in total. The Labute approximate surface area is 141 Å². The Morgan fingerprint density at radius 2 is 1.73 bits per heavy atom. The van der Waals surface area contributed by atoms with Gasteiger partial charge in [-0.15, -0.1) is 0 Å². The first-order chi connectivity index (χ1) is 10.7. The molecule has 1 aromatic heterocycles. The van der Waals surface area contributed by atoms with Crippen molar-refractivity contribution in [1.29, 1.82) is 0 Å². The Balaban J connectivity index is 1.76. The number of aromatic nitrogens is 2. The van der Waals surface area contributed by atoms with E-state index in [1.54, 1.807) is 6.20 Å². The van der Waals surface area contributed by atoms with Crippen LogP contribution in [0.2, 0.25) is 5.02 Å². The second kappa shape index (κ2) is 6.77. The summed E-state index contributed by atoms with van der Waals surface area (Å²) in [5.41, 5.74) is 1.83. The van der Waals surface area contributed by atoms with Crippen molar-refractivity contribution < 1.29 is 0 Å². The summed E-state index contributed by atoms with van der Waals surface area (Å²) in [6, 6.07) is 17.1. The maximum Gasteiger partial charge on any atom is 0.229 e. The molecule has 0 unspecified atom stereocenters. The lowest BCUT2D eigenvalue weighted by atomic mass is 10.3. The van der Waals surface area contributed by atoms with Crippen molar-refractivity contribution in [2.75, 3.05) is 10.6 Å². The third kappa shape index (κ3) is 3.96. The molecule has 0 atom stereocenters. The summed E-state index contributed by atoms with van der Waals surface area (Å²) in [6.07, 6.45) is 1.70. The van der Waals surface area contributed by atoms with Crippen LogP contribution < -0.4 is 10.6 Å². The van der Waals surface area contributed by atoms with Crippen LogP contribution >= 0.6 is 27.5 Å². The van der Waals surface area contributed by atoms with Gasteiger partial charge in [-0.25, -0.2) is 4.98 Å². The van der Waals surface area contributed by atoms with E-state index in [1.807, 2.05) is 54.6 Å². The lowest BCUT2D eigenvalue weighted by Gasteiger charge is -2.08. The first-order valence-corrected chi connectivity index (χ1v) is 7.74. The topological polar surface area (TPSA) is 49.8 Å². The lowest BCUT2D eigenvalue weighted by Crippen LogP contribution is -2.00. The van der Waals surface area contributed by atoms with Crippen molar-refractivity contribution in [3.05, 3.63) is 70.3 Å². The van der Waals surface area contributed by atoms with E-state index in [1.165, 1.54) is 0 Å². The van der Waals surface area contributed by atoms with E-state index in [2.05, 4.69) is 36.5 Å². The van der Waals surface area contributed by atoms with Gasteiger partial charge in [-0.3, -0.25) is 0 Å². The van der Waals surface area contributed by atoms with Crippen LogP contribution in [-0.2, 0) is 0 Å². The van der Waals surface area contributed by atoms with Gasteiger partial charge in [0.05, 0.1) is 0 Å². The Kier molecular flexibility index (Phi) is 4.56. The van der Waals surface area contributed by atoms with E-state index in [0.717, 1.165) is 15.8 Å². The van der Waals surface area contributed by atoms with E-state index < -0.39 is 0 Å². The van der Waals surface area contributed by atoms with Crippen LogP contribution in [0.25, 0.3) is 0 Å². The Hall–Kier alpha value is -2.11. The molecule has 0 bridgehead atoms. The van der Waals surface area contributed by atoms with Crippen molar-refractivity contribution in [2.45, 2.75) is 0 Å². The van der Waals surface area contributed by atoms with Gasteiger partial charge in [0.25, 0.3) is 0 Å². The van der Waals surface area contributed by atoms with Gasteiger partial charge in [-0.05, 0) is 48.5 Å². The van der Waals surface area contributed by atoms with Gasteiger partial charge in [0.1, 0.15) is 5.82 Å². The molecule has 1 heterocycles. The van der Waals surface area contributed by atoms with Crippen LogP contribution in [0.3, 0.4) is 0 Å². The van der Waals surface area contributed by atoms with Gasteiger partial charge in [0.2, 0.25) is 5.95 Å². The molecule has 2 aromatic carbocycles. The number of hydrogen-bond donors (Lipinski definition) is 2. The van der Waals surface area contributed by atoms with Gasteiger partial charge in [-0.1, -0.05) is 33.6 Å². The minimum atomic E-state index is 0.516. The van der Waals surface area contributed by atoms with E-state index >= 15 is 0 Å². The third-order valence-electron chi connectivity index (χ3n) is 2.85. The van der Waals surface area contributed by atoms with Crippen molar-refractivity contribution in [2.24, 2.45) is 0 Å². The zero-order valence-electron chi connectivity index (χ0n) is 11.4. The Morgan fingerprint density at radius 3 is 2.50 bits per heavy atom. The van der Waals surface area contributed by atoms with E-state index in [0.29, 0.717) is 16.8 Å². The SMILES string of the molecule is Clc1ccc(Nc2nccc(Nc3cccc(Br)c3)n2)cc1. The molecule has 0 aliphatic carbocycles. The average molecular weight is 376 g/mol. The minimum Gasteiger partial charge on any atom is -0.340 e. The van der Waals surface area contributed by atoms with Gasteiger partial charge in [0, 0.05) is 27.1 Å². The Morgan fingerprint density at radius 1 is 0.909 bits per heavy atom. The molecule has 2 N–H and O–H groups in total. The Bertz CT molecular complexity index is 777. The number of rotatable bonds is 4. The van der Waals surface area contributed by atoms with E-state index in [9.17, 15) is 0 Å². The quantitative estimate of drug-likeness (QED) is 0.643. The number of nitrogens with zero attached hydrogens (tertiary/aromatic N) is 2. The highest BCUT2D eigenvalue weighted by molar-refractivity contribution is 9.10. The number of benzene rings is 2. The zero-order valence-corrected chi connectivity index (χ0v) is 13.8. The maximum absolute atomic E-state index is 5.87. The normalized spacial score (nSPS) is 10.3. The highest BCUT2D eigenvalue weighted by Crippen LogP contribution is 2.21. The fourth-order valence-electron chi connectivity index (χ4n) is 1.86. The van der Waals surface area contributed by atoms with Crippen LogP contribution in [0.5, 0.6) is 0 Å². The van der Waals surface area contributed by atoms with Crippen molar-refractivity contribution in [3.8, 4) is 0 Å². The van der Waals surface area contributed by atoms with Crippen molar-refractivity contribution in [3.63, 3.8) is 0 Å². The second-order valence-corrected chi connectivity index (χ2v) is 5.88. The summed E-state index contributed by atoms with van der Waals surface area (Å²) >= 11 is 9.31. The monoisotopic (exact) mass is 374 g/mol. The molecule has 110 valence electrons. The summed E-state index contributed by atoms with van der Waals surface area (Å²) < 4.78 is 1.01. The first kappa shape index (κ1) is 14.8. The van der Waals surface area contributed by atoms with Crippen LogP contribution in [-0.4, -0.2) is 9.97 Å². The second-order valence-electron chi connectivity index (χ2n) is 4.53. The van der Waals surface area contributed by atoms with Crippen LogP contribution in [0.4, 0.5) is 23.1 Å². The van der Waals surface area contributed by atoms with E-state index in [-0.39, 0.29) is 0 Å². The molecule has 0 fully saturated rings. The van der Waals surface area contributed by atoms with Crippen LogP contribution in [0.1, 0.15) is 0 Å². The summed E-state index contributed by atoms with van der Waals surface area (Å²) in [5, 5.41) is 7.07. The van der Waals surface area contributed by atoms with Crippen molar-refractivity contribution in [1.82, 2.24) is 9.97 Å². The van der Waals surface area contributed by atoms with Crippen LogP contribution in [0.15, 0.2) is 65.3 Å². The molecular weight excluding hydrogens is 364 g/mol. The molecule has 0 saturated heterocycles. The lowest BCUT2D eigenvalue weighted by molar-refractivity contribution is 1.17. The fraction of sp³-hybridized carbons (Fsp3) is 0. The predicted octanol–water partition coefficient (Wildman–Crippen LogP) is 5.38. The van der Waals surface area contributed by atoms with Gasteiger partial charge < -0.3 is 10.6 Å². The standard InChI is InChI=1S/C16H12BrClN4/c17-11-2-1-3-14(10-11)20-15-8-9-19-16(22-15)21-13-6-4-12(18)5-7-13/h1-10H,(H2,19,20,21,22). The highest BCUT2D eigenvalue weighted by Gasteiger charge is 2.01. The zero-order chi connectivity index (χ0) is 15.4. The molecule has 0 saturated carbocycles. The maximum atomic E-state index is 5.87. The molecule has 3 rings (SSSR count). The highest BCUT2D eigenvalue weighted by atomic mass is 79.9. The molecule has 0 amide bonds. The number of halogens is 2. The molecule has 0 aliphatic rings. The molecule has 3 aromatic rings. The van der Waals surface area contributed by atoms with Crippen molar-refractivity contribution >= 4 is 50.7 Å². The molecular formula is C16H12BrClN4. The fourth-order valence-corrected chi connectivity index (χ4v) is 2.39. The molecule has 22 heavy (non-hydrogen) atoms. The summed E-state index contributed by atoms with van der Waals surface area (Å²) in [4.78, 5) is 8.65. The van der Waals surface area contributed by atoms with Crippen LogP contribution in [0, 0.1) is 0 Å². The van der Waals surface area contributed by atoms with Gasteiger partial charge >= 0.3 is 0 Å². The number of anilines is 4. The minimum absolute atomic E-state index is 0.516. The summed E-state index contributed by atoms with van der Waals surface area (Å²) in [6.45, 7) is 0. The molecule has 0 radical (unpaired) electrons. The smallest absolute Gasteiger partial charge is 0.229 e. The third-order valence-corrected chi connectivity index (χ3v) is 3.60. The largest absolute Gasteiger partial charge is 0.340 e. The number of hydrogen-bond acceptors (Lipinski definition) is 4. The first-order valence-electron chi connectivity index (χ1n) is 6.57. The van der Waals surface area contributed by atoms with Gasteiger partial charge in [0.15, 0.2) is 0 Å². The van der Waals surface area contributed by atoms with Gasteiger partial charge in [-0.2, -0.15) is 4.98 Å². The summed E-state index contributed by atoms with van der Waals surface area (Å²) in [7, 11) is 0. The molecule has 6 heteroatoms. The summed E-state index contributed by atoms with van der Waals surface area (Å²) in [5.74, 6) is 1.23. The van der Waals surface area contributed by atoms with E-state index in [4.69, 9.17) is 11.6 Å². The predicted molar refractivity (Wildman–Crippen MR) is 94.2 cm³/mol. The number of nitrogens with one attached hydrogen (secondary N) is 2.